The van der Waals surface area contributed by atoms with Gasteiger partial charge in [-0.15, -0.1) is 0 Å². The van der Waals surface area contributed by atoms with Gasteiger partial charge in [-0.25, -0.2) is 8.42 Å². The molecule has 0 bridgehead atoms. The van der Waals surface area contributed by atoms with Gasteiger partial charge in [0.2, 0.25) is 11.8 Å². The van der Waals surface area contributed by atoms with Crippen molar-refractivity contribution in [2.45, 2.75) is 57.0 Å². The predicted molar refractivity (Wildman–Crippen MR) is 158 cm³/mol. The van der Waals surface area contributed by atoms with Gasteiger partial charge in [-0.3, -0.25) is 13.9 Å². The smallest absolute Gasteiger partial charge is 0.264 e. The molecule has 2 amide bonds. The first-order valence-corrected chi connectivity index (χ1v) is 14.8. The van der Waals surface area contributed by atoms with Crippen molar-refractivity contribution in [1.82, 2.24) is 10.2 Å². The van der Waals surface area contributed by atoms with E-state index in [1.807, 2.05) is 58.0 Å². The van der Waals surface area contributed by atoms with Crippen molar-refractivity contribution in [3.8, 4) is 5.75 Å². The Hall–Kier alpha value is -3.85. The third kappa shape index (κ3) is 8.08. The molecule has 0 saturated carbocycles. The lowest BCUT2D eigenvalue weighted by molar-refractivity contribution is -0.140. The Morgan fingerprint density at radius 1 is 0.900 bits per heavy atom. The van der Waals surface area contributed by atoms with Crippen molar-refractivity contribution in [3.63, 3.8) is 0 Å². The molecule has 214 valence electrons. The molecule has 0 aromatic heterocycles. The summed E-state index contributed by atoms with van der Waals surface area (Å²) in [5, 5.41) is 2.98. The van der Waals surface area contributed by atoms with E-state index in [0.29, 0.717) is 24.3 Å². The molecule has 3 aromatic carbocycles. The van der Waals surface area contributed by atoms with Crippen molar-refractivity contribution >= 4 is 27.5 Å². The molecule has 0 heterocycles. The van der Waals surface area contributed by atoms with E-state index in [9.17, 15) is 18.0 Å². The molecule has 0 aliphatic heterocycles. The Balaban J connectivity index is 2.01. The first-order chi connectivity index (χ1) is 19.0. The van der Waals surface area contributed by atoms with Gasteiger partial charge in [0.1, 0.15) is 18.3 Å². The van der Waals surface area contributed by atoms with Crippen molar-refractivity contribution in [2.75, 3.05) is 24.5 Å². The number of ether oxygens (including phenoxy) is 1. The molecule has 40 heavy (non-hydrogen) atoms. The number of benzene rings is 3. The lowest BCUT2D eigenvalue weighted by Gasteiger charge is -2.34. The summed E-state index contributed by atoms with van der Waals surface area (Å²) in [5.74, 6) is -0.193. The van der Waals surface area contributed by atoms with Crippen LogP contribution in [0.3, 0.4) is 0 Å². The molecule has 1 N–H and O–H groups in total. The minimum atomic E-state index is -4.11. The van der Waals surface area contributed by atoms with Crippen LogP contribution in [0, 0.1) is 0 Å². The number of hydrogen-bond donors (Lipinski definition) is 1. The van der Waals surface area contributed by atoms with E-state index in [4.69, 9.17) is 4.74 Å². The zero-order chi connectivity index (χ0) is 29.3. The molecule has 9 heteroatoms. The number of carbonyl (C=O) groups is 2. The Morgan fingerprint density at radius 2 is 1.48 bits per heavy atom. The fourth-order valence-electron chi connectivity index (χ4n) is 4.35. The van der Waals surface area contributed by atoms with Gasteiger partial charge in [-0.1, -0.05) is 55.5 Å². The maximum Gasteiger partial charge on any atom is 0.264 e. The molecular formula is C31H39N3O5S. The quantitative estimate of drug-likeness (QED) is 0.345. The number of methoxy groups -OCH3 is 1. The molecule has 0 saturated heterocycles. The summed E-state index contributed by atoms with van der Waals surface area (Å²) in [7, 11) is -2.58. The van der Waals surface area contributed by atoms with Crippen molar-refractivity contribution in [1.29, 1.82) is 0 Å². The van der Waals surface area contributed by atoms with Crippen LogP contribution in [-0.4, -0.2) is 56.9 Å². The average molecular weight is 566 g/mol. The Bertz CT molecular complexity index is 1360. The normalized spacial score (nSPS) is 12.3. The summed E-state index contributed by atoms with van der Waals surface area (Å²) in [4.78, 5) is 28.9. The lowest BCUT2D eigenvalue weighted by atomic mass is 10.1. The number of carbonyl (C=O) groups excluding carboxylic acids is 2. The van der Waals surface area contributed by atoms with Crippen molar-refractivity contribution < 1.29 is 22.7 Å². The first-order valence-electron chi connectivity index (χ1n) is 13.3. The third-order valence-corrected chi connectivity index (χ3v) is 8.13. The summed E-state index contributed by atoms with van der Waals surface area (Å²) in [5.41, 5.74) is 0.827. The summed E-state index contributed by atoms with van der Waals surface area (Å²) in [6, 6.07) is 23.4. The summed E-state index contributed by atoms with van der Waals surface area (Å²) < 4.78 is 34.0. The average Bonchev–Trinajstić information content (AvgIpc) is 2.93. The second-order valence-electron chi connectivity index (χ2n) is 10.5. The Morgan fingerprint density at radius 3 is 2.00 bits per heavy atom. The van der Waals surface area contributed by atoms with Crippen LogP contribution in [0.1, 0.15) is 39.7 Å². The van der Waals surface area contributed by atoms with Crippen LogP contribution in [0.4, 0.5) is 5.69 Å². The number of amides is 2. The van der Waals surface area contributed by atoms with Crippen LogP contribution in [0.15, 0.2) is 89.8 Å². The molecule has 0 aliphatic carbocycles. The van der Waals surface area contributed by atoms with Gasteiger partial charge in [0.15, 0.2) is 0 Å². The van der Waals surface area contributed by atoms with E-state index in [1.165, 1.54) is 24.1 Å². The number of nitrogens with one attached hydrogen (secondary N) is 1. The van der Waals surface area contributed by atoms with E-state index < -0.39 is 34.1 Å². The Labute approximate surface area is 238 Å². The molecule has 3 aromatic rings. The highest BCUT2D eigenvalue weighted by Crippen LogP contribution is 2.26. The van der Waals surface area contributed by atoms with Gasteiger partial charge in [0.25, 0.3) is 10.0 Å². The van der Waals surface area contributed by atoms with Crippen LogP contribution < -0.4 is 14.4 Å². The van der Waals surface area contributed by atoms with Crippen molar-refractivity contribution in [3.05, 3.63) is 90.5 Å². The summed E-state index contributed by atoms with van der Waals surface area (Å²) in [6.07, 6.45) is 0.885. The second kappa shape index (κ2) is 13.5. The van der Waals surface area contributed by atoms with Gasteiger partial charge in [0, 0.05) is 12.1 Å². The van der Waals surface area contributed by atoms with Crippen LogP contribution in [0.5, 0.6) is 5.75 Å². The fraction of sp³-hybridized carbons (Fsp3) is 0.355. The highest BCUT2D eigenvalue weighted by molar-refractivity contribution is 7.92. The highest BCUT2D eigenvalue weighted by Gasteiger charge is 2.34. The molecule has 0 aliphatic rings. The van der Waals surface area contributed by atoms with Gasteiger partial charge in [0.05, 0.1) is 17.7 Å². The molecule has 0 spiro atoms. The minimum absolute atomic E-state index is 0.0620. The van der Waals surface area contributed by atoms with E-state index in [2.05, 4.69) is 5.32 Å². The number of hydrogen-bond acceptors (Lipinski definition) is 5. The van der Waals surface area contributed by atoms with Gasteiger partial charge >= 0.3 is 0 Å². The zero-order valence-corrected chi connectivity index (χ0v) is 24.6. The molecule has 3 rings (SSSR count). The van der Waals surface area contributed by atoms with Crippen LogP contribution in [0.2, 0.25) is 0 Å². The number of sulfonamides is 1. The molecule has 0 radical (unpaired) electrons. The third-order valence-electron chi connectivity index (χ3n) is 6.34. The molecule has 0 fully saturated rings. The summed E-state index contributed by atoms with van der Waals surface area (Å²) >= 11 is 0. The second-order valence-corrected chi connectivity index (χ2v) is 12.4. The van der Waals surface area contributed by atoms with Crippen LogP contribution in [0.25, 0.3) is 0 Å². The largest absolute Gasteiger partial charge is 0.497 e. The lowest BCUT2D eigenvalue weighted by Crippen LogP contribution is -2.56. The van der Waals surface area contributed by atoms with E-state index in [1.54, 1.807) is 42.5 Å². The first kappa shape index (κ1) is 30.7. The zero-order valence-electron chi connectivity index (χ0n) is 23.8. The van der Waals surface area contributed by atoms with Crippen molar-refractivity contribution in [2.24, 2.45) is 0 Å². The standard InChI is InChI=1S/C31H39N3O5S/c1-6-28(30(36)32-31(2,3)4)33(22-21-24-13-9-7-10-14-24)29(35)23-34(25-17-19-26(39-5)20-18-25)40(37,38)27-15-11-8-12-16-27/h7-20,28H,6,21-23H2,1-5H3,(H,32,36)/t28-/m1/s1. The van der Waals surface area contributed by atoms with E-state index in [-0.39, 0.29) is 17.3 Å². The monoisotopic (exact) mass is 565 g/mol. The molecular weight excluding hydrogens is 526 g/mol. The molecule has 0 unspecified atom stereocenters. The fourth-order valence-corrected chi connectivity index (χ4v) is 5.78. The van der Waals surface area contributed by atoms with Gasteiger partial charge < -0.3 is 15.0 Å². The van der Waals surface area contributed by atoms with E-state index >= 15 is 0 Å². The van der Waals surface area contributed by atoms with Gasteiger partial charge in [-0.2, -0.15) is 0 Å². The topological polar surface area (TPSA) is 96.0 Å². The summed E-state index contributed by atoms with van der Waals surface area (Å²) in [6.45, 7) is 7.26. The van der Waals surface area contributed by atoms with Crippen LogP contribution in [-0.2, 0) is 26.0 Å². The van der Waals surface area contributed by atoms with E-state index in [0.717, 1.165) is 9.87 Å². The number of nitrogens with zero attached hydrogens (tertiary/aromatic N) is 2. The number of rotatable bonds is 12. The maximum atomic E-state index is 14.0. The number of anilines is 1. The molecule has 1 atom stereocenters. The minimum Gasteiger partial charge on any atom is -0.497 e. The van der Waals surface area contributed by atoms with Crippen LogP contribution >= 0.6 is 0 Å². The molecule has 8 nitrogen and oxygen atoms in total. The highest BCUT2D eigenvalue weighted by atomic mass is 32.2. The SMILES string of the molecule is CC[C@H](C(=O)NC(C)(C)C)N(CCc1ccccc1)C(=O)CN(c1ccc(OC)cc1)S(=O)(=O)c1ccccc1. The van der Waals surface area contributed by atoms with Gasteiger partial charge in [-0.05, 0) is 75.6 Å². The Kier molecular flexibility index (Phi) is 10.3. The predicted octanol–water partition coefficient (Wildman–Crippen LogP) is 4.66. The maximum absolute atomic E-state index is 14.0.